The zero-order valence-electron chi connectivity index (χ0n) is 8.87. The Bertz CT molecular complexity index is 438. The van der Waals surface area contributed by atoms with Gasteiger partial charge in [-0.2, -0.15) is 11.8 Å². The maximum Gasteiger partial charge on any atom is 0.280 e. The highest BCUT2D eigenvalue weighted by Crippen LogP contribution is 2.27. The van der Waals surface area contributed by atoms with Gasteiger partial charge >= 0.3 is 0 Å². The molecule has 0 aromatic heterocycles. The van der Waals surface area contributed by atoms with Crippen molar-refractivity contribution in [1.82, 2.24) is 0 Å². The summed E-state index contributed by atoms with van der Waals surface area (Å²) in [5, 5.41) is 21.3. The Morgan fingerprint density at radius 3 is 2.47 bits per heavy atom. The lowest BCUT2D eigenvalue weighted by Crippen LogP contribution is -2.02. The van der Waals surface area contributed by atoms with Crippen LogP contribution in [0.4, 0.5) is 11.4 Å². The van der Waals surface area contributed by atoms with Crippen molar-refractivity contribution in [2.24, 2.45) is 5.73 Å². The molecule has 0 radical (unpaired) electrons. The van der Waals surface area contributed by atoms with Crippen molar-refractivity contribution in [1.29, 1.82) is 0 Å². The molecule has 2 N–H and O–H groups in total. The number of hydrogen-bond acceptors (Lipinski definition) is 6. The second kappa shape index (κ2) is 6.16. The van der Waals surface area contributed by atoms with Gasteiger partial charge in [0, 0.05) is 29.7 Å². The summed E-state index contributed by atoms with van der Waals surface area (Å²) < 4.78 is 0. The third kappa shape index (κ3) is 3.68. The maximum absolute atomic E-state index is 10.8. The number of benzene rings is 1. The Morgan fingerprint density at radius 2 is 1.94 bits per heavy atom. The van der Waals surface area contributed by atoms with Crippen molar-refractivity contribution in [2.45, 2.75) is 5.75 Å². The molecule has 17 heavy (non-hydrogen) atoms. The third-order valence-electron chi connectivity index (χ3n) is 2.00. The van der Waals surface area contributed by atoms with E-state index in [9.17, 15) is 20.2 Å². The van der Waals surface area contributed by atoms with E-state index in [1.54, 1.807) is 0 Å². The number of nitrogens with zero attached hydrogens (tertiary/aromatic N) is 2. The van der Waals surface area contributed by atoms with Crippen LogP contribution in [0.15, 0.2) is 18.2 Å². The summed E-state index contributed by atoms with van der Waals surface area (Å²) in [5.74, 6) is 1.11. The molecule has 0 atom stereocenters. The zero-order valence-corrected chi connectivity index (χ0v) is 9.68. The first-order valence-corrected chi connectivity index (χ1v) is 5.91. The van der Waals surface area contributed by atoms with Crippen LogP contribution in [0.1, 0.15) is 5.56 Å². The van der Waals surface area contributed by atoms with Crippen LogP contribution >= 0.6 is 11.8 Å². The summed E-state index contributed by atoms with van der Waals surface area (Å²) >= 11 is 1.45. The highest BCUT2D eigenvalue weighted by atomic mass is 32.2. The molecular weight excluding hydrogens is 246 g/mol. The predicted molar refractivity (Wildman–Crippen MR) is 65.0 cm³/mol. The minimum Gasteiger partial charge on any atom is -0.330 e. The second-order valence-corrected chi connectivity index (χ2v) is 4.27. The van der Waals surface area contributed by atoms with E-state index in [0.717, 1.165) is 6.07 Å². The van der Waals surface area contributed by atoms with E-state index in [1.165, 1.54) is 23.9 Å². The molecular formula is C9H11N3O4S. The first kappa shape index (κ1) is 13.4. The van der Waals surface area contributed by atoms with E-state index in [2.05, 4.69) is 0 Å². The SMILES string of the molecule is NCCSCc1ccc([N+](=O)[O-])cc1[N+](=O)[O-]. The quantitative estimate of drug-likeness (QED) is 0.471. The van der Waals surface area contributed by atoms with Crippen molar-refractivity contribution >= 4 is 23.1 Å². The van der Waals surface area contributed by atoms with E-state index in [0.29, 0.717) is 23.6 Å². The van der Waals surface area contributed by atoms with E-state index >= 15 is 0 Å². The van der Waals surface area contributed by atoms with Gasteiger partial charge in [0.05, 0.1) is 15.9 Å². The molecule has 7 nitrogen and oxygen atoms in total. The second-order valence-electron chi connectivity index (χ2n) is 3.17. The molecule has 1 aromatic rings. The molecule has 0 saturated heterocycles. The fraction of sp³-hybridized carbons (Fsp3) is 0.333. The molecule has 1 aromatic carbocycles. The Morgan fingerprint density at radius 1 is 1.24 bits per heavy atom. The summed E-state index contributed by atoms with van der Waals surface area (Å²) in [6.45, 7) is 0.492. The van der Waals surface area contributed by atoms with Crippen LogP contribution < -0.4 is 5.73 Å². The molecule has 0 aliphatic heterocycles. The lowest BCUT2D eigenvalue weighted by atomic mass is 10.2. The molecule has 0 spiro atoms. The van der Waals surface area contributed by atoms with Gasteiger partial charge in [-0.1, -0.05) is 0 Å². The first-order chi connectivity index (χ1) is 8.06. The molecule has 8 heteroatoms. The van der Waals surface area contributed by atoms with E-state index in [4.69, 9.17) is 5.73 Å². The van der Waals surface area contributed by atoms with Gasteiger partial charge in [0.1, 0.15) is 0 Å². The monoisotopic (exact) mass is 257 g/mol. The molecule has 0 aliphatic carbocycles. The fourth-order valence-electron chi connectivity index (χ4n) is 1.22. The van der Waals surface area contributed by atoms with Crippen LogP contribution in [0.25, 0.3) is 0 Å². The fourth-order valence-corrected chi connectivity index (χ4v) is 2.00. The minimum atomic E-state index is -0.649. The Kier molecular flexibility index (Phi) is 4.85. The molecule has 0 bridgehead atoms. The molecule has 0 amide bonds. The van der Waals surface area contributed by atoms with Crippen molar-refractivity contribution in [3.63, 3.8) is 0 Å². The summed E-state index contributed by atoms with van der Waals surface area (Å²) in [7, 11) is 0. The van der Waals surface area contributed by atoms with Gasteiger partial charge in [-0.25, -0.2) is 0 Å². The van der Waals surface area contributed by atoms with E-state index in [-0.39, 0.29) is 11.4 Å². The highest BCUT2D eigenvalue weighted by molar-refractivity contribution is 7.98. The van der Waals surface area contributed by atoms with Gasteiger partial charge in [-0.15, -0.1) is 0 Å². The molecule has 0 heterocycles. The average molecular weight is 257 g/mol. The van der Waals surface area contributed by atoms with Crippen LogP contribution in [0.2, 0.25) is 0 Å². The van der Waals surface area contributed by atoms with Crippen molar-refractivity contribution < 1.29 is 9.85 Å². The summed E-state index contributed by atoms with van der Waals surface area (Å²) in [6, 6.07) is 3.67. The Labute approximate surface area is 101 Å². The smallest absolute Gasteiger partial charge is 0.280 e. The highest BCUT2D eigenvalue weighted by Gasteiger charge is 2.18. The predicted octanol–water partition coefficient (Wildman–Crippen LogP) is 1.69. The number of non-ortho nitro benzene ring substituents is 1. The van der Waals surface area contributed by atoms with Gasteiger partial charge in [0.15, 0.2) is 0 Å². The largest absolute Gasteiger partial charge is 0.330 e. The van der Waals surface area contributed by atoms with Gasteiger partial charge in [0.2, 0.25) is 0 Å². The maximum atomic E-state index is 10.8. The summed E-state index contributed by atoms with van der Waals surface area (Å²) in [4.78, 5) is 20.0. The normalized spacial score (nSPS) is 10.2. The van der Waals surface area contributed by atoms with Crippen LogP contribution in [0.5, 0.6) is 0 Å². The molecule has 1 rings (SSSR count). The number of nitro groups is 2. The number of nitro benzene ring substituents is 2. The average Bonchev–Trinajstić information content (AvgIpc) is 2.29. The number of hydrogen-bond donors (Lipinski definition) is 1. The topological polar surface area (TPSA) is 112 Å². The summed E-state index contributed by atoms with van der Waals surface area (Å²) in [6.07, 6.45) is 0. The lowest BCUT2D eigenvalue weighted by molar-refractivity contribution is -0.394. The van der Waals surface area contributed by atoms with E-state index in [1.807, 2.05) is 0 Å². The van der Waals surface area contributed by atoms with Gasteiger partial charge in [0.25, 0.3) is 11.4 Å². The zero-order chi connectivity index (χ0) is 12.8. The van der Waals surface area contributed by atoms with E-state index < -0.39 is 9.85 Å². The summed E-state index contributed by atoms with van der Waals surface area (Å²) in [5.41, 5.74) is 5.29. The first-order valence-electron chi connectivity index (χ1n) is 4.75. The van der Waals surface area contributed by atoms with Crippen LogP contribution in [0.3, 0.4) is 0 Å². The van der Waals surface area contributed by atoms with Crippen LogP contribution in [0, 0.1) is 20.2 Å². The van der Waals surface area contributed by atoms with Crippen LogP contribution in [-0.2, 0) is 5.75 Å². The molecule has 0 saturated carbocycles. The van der Waals surface area contributed by atoms with Crippen molar-refractivity contribution in [3.05, 3.63) is 44.0 Å². The van der Waals surface area contributed by atoms with Crippen LogP contribution in [-0.4, -0.2) is 22.1 Å². The molecule has 92 valence electrons. The number of thioether (sulfide) groups is 1. The van der Waals surface area contributed by atoms with Crippen molar-refractivity contribution in [2.75, 3.05) is 12.3 Å². The molecule has 0 aliphatic rings. The standard InChI is InChI=1S/C9H11N3O4S/c10-3-4-17-6-7-1-2-8(11(13)14)5-9(7)12(15)16/h1-2,5H,3-4,6,10H2. The Balaban J connectivity index is 2.96. The lowest BCUT2D eigenvalue weighted by Gasteiger charge is -2.02. The van der Waals surface area contributed by atoms with Crippen molar-refractivity contribution in [3.8, 4) is 0 Å². The third-order valence-corrected chi connectivity index (χ3v) is 3.04. The van der Waals surface area contributed by atoms with Gasteiger partial charge < -0.3 is 5.73 Å². The molecule has 0 fully saturated rings. The number of rotatable bonds is 6. The Hall–Kier alpha value is -1.67. The van der Waals surface area contributed by atoms with Gasteiger partial charge in [-0.3, -0.25) is 20.2 Å². The minimum absolute atomic E-state index is 0.219. The number of nitrogens with two attached hydrogens (primary N) is 1. The van der Waals surface area contributed by atoms with Gasteiger partial charge in [-0.05, 0) is 6.07 Å². The molecule has 0 unspecified atom stereocenters.